The first-order chi connectivity index (χ1) is 12.9. The highest BCUT2D eigenvalue weighted by molar-refractivity contribution is 7.99. The molecule has 0 saturated carbocycles. The van der Waals surface area contributed by atoms with Gasteiger partial charge in [-0.05, 0) is 24.3 Å². The largest absolute Gasteiger partial charge is 0.467 e. The van der Waals surface area contributed by atoms with Crippen LogP contribution < -0.4 is 11.1 Å². The lowest BCUT2D eigenvalue weighted by atomic mass is 10.4. The summed E-state index contributed by atoms with van der Waals surface area (Å²) in [6, 6.07) is 6.36. The first kappa shape index (κ1) is 19.7. The number of thioether (sulfide) groups is 1. The van der Waals surface area contributed by atoms with E-state index in [-0.39, 0.29) is 38.3 Å². The minimum Gasteiger partial charge on any atom is -0.467 e. The molecular formula is C15H13ClN4O4S3. The van der Waals surface area contributed by atoms with E-state index in [0.717, 1.165) is 29.3 Å². The van der Waals surface area contributed by atoms with Gasteiger partial charge in [0.1, 0.15) is 20.7 Å². The first-order valence-corrected chi connectivity index (χ1v) is 11.1. The normalized spacial score (nSPS) is 11.4. The molecule has 8 nitrogen and oxygen atoms in total. The van der Waals surface area contributed by atoms with E-state index >= 15 is 0 Å². The highest BCUT2D eigenvalue weighted by Crippen LogP contribution is 2.32. The third kappa shape index (κ3) is 4.80. The minimum atomic E-state index is -3.85. The second kappa shape index (κ2) is 8.30. The number of carbonyl (C=O) groups excluding carboxylic acids is 1. The van der Waals surface area contributed by atoms with Crippen molar-refractivity contribution in [2.75, 3.05) is 11.5 Å². The van der Waals surface area contributed by atoms with Crippen molar-refractivity contribution in [3.05, 3.63) is 46.8 Å². The van der Waals surface area contributed by atoms with Crippen LogP contribution in [-0.4, -0.2) is 30.0 Å². The van der Waals surface area contributed by atoms with E-state index in [0.29, 0.717) is 10.1 Å². The monoisotopic (exact) mass is 444 g/mol. The van der Waals surface area contributed by atoms with Crippen molar-refractivity contribution in [2.24, 2.45) is 0 Å². The maximum atomic E-state index is 12.6. The maximum absolute atomic E-state index is 12.6. The quantitative estimate of drug-likeness (QED) is 0.420. The smallest absolute Gasteiger partial charge is 0.230 e. The van der Waals surface area contributed by atoms with Crippen LogP contribution in [0.2, 0.25) is 4.34 Å². The number of hydrogen-bond donors (Lipinski definition) is 2. The molecule has 3 heterocycles. The van der Waals surface area contributed by atoms with Gasteiger partial charge < -0.3 is 15.5 Å². The lowest BCUT2D eigenvalue weighted by Crippen LogP contribution is -2.24. The number of sulfone groups is 1. The molecule has 0 aliphatic carbocycles. The number of nitrogen functional groups attached to an aromatic ring is 1. The number of halogens is 1. The summed E-state index contributed by atoms with van der Waals surface area (Å²) in [6.07, 6.45) is 2.65. The van der Waals surface area contributed by atoms with Crippen LogP contribution in [0.1, 0.15) is 5.76 Å². The lowest BCUT2D eigenvalue weighted by molar-refractivity contribution is -0.118. The number of rotatable bonds is 7. The summed E-state index contributed by atoms with van der Waals surface area (Å²) < 4.78 is 30.6. The van der Waals surface area contributed by atoms with Gasteiger partial charge in [0.2, 0.25) is 15.7 Å². The predicted octanol–water partition coefficient (Wildman–Crippen LogP) is 2.61. The Balaban J connectivity index is 1.63. The van der Waals surface area contributed by atoms with Gasteiger partial charge in [0.15, 0.2) is 5.16 Å². The number of aromatic nitrogens is 2. The van der Waals surface area contributed by atoms with Crippen LogP contribution >= 0.6 is 34.7 Å². The van der Waals surface area contributed by atoms with Gasteiger partial charge in [-0.25, -0.2) is 18.4 Å². The van der Waals surface area contributed by atoms with Gasteiger partial charge in [-0.3, -0.25) is 4.79 Å². The molecule has 27 heavy (non-hydrogen) atoms. The Hall–Kier alpha value is -2.08. The highest BCUT2D eigenvalue weighted by atomic mass is 35.5. The molecule has 3 rings (SSSR count). The van der Waals surface area contributed by atoms with Gasteiger partial charge in [0.25, 0.3) is 0 Å². The van der Waals surface area contributed by atoms with Gasteiger partial charge in [-0.15, -0.1) is 11.3 Å². The molecule has 0 aliphatic heterocycles. The van der Waals surface area contributed by atoms with E-state index in [4.69, 9.17) is 21.8 Å². The molecule has 12 heteroatoms. The summed E-state index contributed by atoms with van der Waals surface area (Å²) in [5.74, 6) is 0.251. The van der Waals surface area contributed by atoms with E-state index in [1.165, 1.54) is 18.4 Å². The summed E-state index contributed by atoms with van der Waals surface area (Å²) in [5, 5.41) is 2.88. The molecule has 3 aromatic rings. The van der Waals surface area contributed by atoms with Gasteiger partial charge >= 0.3 is 0 Å². The average molecular weight is 445 g/mol. The Morgan fingerprint density at radius 2 is 2.19 bits per heavy atom. The predicted molar refractivity (Wildman–Crippen MR) is 103 cm³/mol. The van der Waals surface area contributed by atoms with Crippen LogP contribution in [0.4, 0.5) is 5.82 Å². The maximum Gasteiger partial charge on any atom is 0.230 e. The van der Waals surface area contributed by atoms with Gasteiger partial charge in [-0.1, -0.05) is 23.4 Å². The third-order valence-electron chi connectivity index (χ3n) is 3.24. The zero-order chi connectivity index (χ0) is 19.4. The van der Waals surface area contributed by atoms with E-state index in [1.807, 2.05) is 0 Å². The van der Waals surface area contributed by atoms with Crippen molar-refractivity contribution in [1.29, 1.82) is 0 Å². The van der Waals surface area contributed by atoms with Gasteiger partial charge in [0, 0.05) is 0 Å². The van der Waals surface area contributed by atoms with Crippen molar-refractivity contribution in [1.82, 2.24) is 15.3 Å². The van der Waals surface area contributed by atoms with Crippen LogP contribution in [0.15, 0.2) is 55.4 Å². The Kier molecular flexibility index (Phi) is 6.05. The second-order valence-corrected chi connectivity index (χ2v) is 9.91. The van der Waals surface area contributed by atoms with E-state index < -0.39 is 9.84 Å². The molecule has 142 valence electrons. The van der Waals surface area contributed by atoms with Gasteiger partial charge in [-0.2, -0.15) is 0 Å². The highest BCUT2D eigenvalue weighted by Gasteiger charge is 2.24. The number of thiophene rings is 1. The molecule has 0 aliphatic rings. The van der Waals surface area contributed by atoms with Crippen molar-refractivity contribution in [2.45, 2.75) is 20.8 Å². The van der Waals surface area contributed by atoms with Crippen LogP contribution in [-0.2, 0) is 21.2 Å². The van der Waals surface area contributed by atoms with Crippen molar-refractivity contribution < 1.29 is 17.6 Å². The van der Waals surface area contributed by atoms with E-state index in [1.54, 1.807) is 12.1 Å². The molecule has 3 N–H and O–H groups in total. The van der Waals surface area contributed by atoms with E-state index in [9.17, 15) is 13.2 Å². The van der Waals surface area contributed by atoms with Gasteiger partial charge in [0.05, 0.1) is 29.1 Å². The number of nitrogens with two attached hydrogens (primary N) is 1. The van der Waals surface area contributed by atoms with Crippen LogP contribution in [0, 0.1) is 0 Å². The molecule has 0 bridgehead atoms. The van der Waals surface area contributed by atoms with Crippen molar-refractivity contribution in [3.63, 3.8) is 0 Å². The first-order valence-electron chi connectivity index (χ1n) is 7.41. The molecule has 0 aromatic carbocycles. The topological polar surface area (TPSA) is 128 Å². The zero-order valence-corrected chi connectivity index (χ0v) is 16.8. The fraction of sp³-hybridized carbons (Fsp3) is 0.133. The molecule has 1 amide bonds. The van der Waals surface area contributed by atoms with Crippen LogP contribution in [0.3, 0.4) is 0 Å². The Morgan fingerprint density at radius 1 is 1.37 bits per heavy atom. The number of hydrogen-bond acceptors (Lipinski definition) is 9. The Morgan fingerprint density at radius 3 is 2.81 bits per heavy atom. The Bertz CT molecular complexity index is 1050. The molecule has 0 atom stereocenters. The number of nitrogens with one attached hydrogen (secondary N) is 1. The molecule has 0 fully saturated rings. The van der Waals surface area contributed by atoms with Crippen LogP contribution in [0.5, 0.6) is 0 Å². The van der Waals surface area contributed by atoms with Crippen LogP contribution in [0.25, 0.3) is 0 Å². The summed E-state index contributed by atoms with van der Waals surface area (Å²) in [4.78, 5) is 19.6. The molecule has 0 unspecified atom stereocenters. The second-order valence-electron chi connectivity index (χ2n) is 5.11. The SMILES string of the molecule is Nc1nc(SCC(=O)NCc2ccco2)ncc1S(=O)(=O)c1ccc(Cl)s1. The molecule has 0 saturated heterocycles. The lowest BCUT2D eigenvalue weighted by Gasteiger charge is -2.07. The summed E-state index contributed by atoms with van der Waals surface area (Å²) >= 11 is 7.75. The number of amides is 1. The zero-order valence-electron chi connectivity index (χ0n) is 13.6. The molecular weight excluding hydrogens is 432 g/mol. The van der Waals surface area contributed by atoms with Crippen molar-refractivity contribution in [3.8, 4) is 0 Å². The number of carbonyl (C=O) groups is 1. The standard InChI is InChI=1S/C15H13ClN4O4S3/c16-11-3-4-13(26-11)27(22,23)10-7-19-15(20-14(10)17)25-8-12(21)18-6-9-2-1-5-24-9/h1-5,7H,6,8H2,(H,18,21)(H2,17,19,20). The number of anilines is 1. The molecule has 0 radical (unpaired) electrons. The average Bonchev–Trinajstić information content (AvgIpc) is 3.29. The fourth-order valence-corrected chi connectivity index (χ4v) is 5.49. The molecule has 3 aromatic heterocycles. The minimum absolute atomic E-state index is 0.0484. The summed E-state index contributed by atoms with van der Waals surface area (Å²) in [6.45, 7) is 0.274. The number of furan rings is 1. The third-order valence-corrected chi connectivity index (χ3v) is 7.59. The number of nitrogens with zero attached hydrogens (tertiary/aromatic N) is 2. The summed E-state index contributed by atoms with van der Waals surface area (Å²) in [7, 11) is -3.85. The van der Waals surface area contributed by atoms with Crippen molar-refractivity contribution >= 4 is 56.3 Å². The summed E-state index contributed by atoms with van der Waals surface area (Å²) in [5.41, 5.74) is 5.80. The Labute approximate surface area is 168 Å². The molecule has 0 spiro atoms. The fourth-order valence-electron chi connectivity index (χ4n) is 1.97. The van der Waals surface area contributed by atoms with E-state index in [2.05, 4.69) is 15.3 Å².